The highest BCUT2D eigenvalue weighted by Gasteiger charge is 2.22. The minimum Gasteiger partial charge on any atom is -0.322 e. The molecule has 1 N–H and O–H groups in total. The Kier molecular flexibility index (Phi) is 5.86. The lowest BCUT2D eigenvalue weighted by atomic mass is 10.2. The molecule has 8 heteroatoms. The number of carbonyl (C=O) groups excluding carboxylic acids is 1. The molecule has 0 atom stereocenters. The molecule has 2 aromatic carbocycles. The molecule has 0 aliphatic rings. The first kappa shape index (κ1) is 19.0. The van der Waals surface area contributed by atoms with E-state index in [1.807, 2.05) is 0 Å². The normalized spacial score (nSPS) is 11.6. The van der Waals surface area contributed by atoms with Gasteiger partial charge in [-0.1, -0.05) is 19.9 Å². The monoisotopic (exact) mass is 368 g/mol. The van der Waals surface area contributed by atoms with Gasteiger partial charge in [0.15, 0.2) is 11.6 Å². The Morgan fingerprint density at radius 1 is 1.04 bits per heavy atom. The van der Waals surface area contributed by atoms with Crippen LogP contribution in [-0.2, 0) is 10.0 Å². The molecule has 0 radical (unpaired) electrons. The van der Waals surface area contributed by atoms with Crippen LogP contribution in [0.25, 0.3) is 0 Å². The molecule has 134 valence electrons. The van der Waals surface area contributed by atoms with Crippen LogP contribution in [-0.4, -0.2) is 31.7 Å². The van der Waals surface area contributed by atoms with Gasteiger partial charge in [-0.2, -0.15) is 4.31 Å². The summed E-state index contributed by atoms with van der Waals surface area (Å²) in [6, 6.07) is 8.51. The van der Waals surface area contributed by atoms with Crippen molar-refractivity contribution in [3.05, 3.63) is 59.7 Å². The van der Waals surface area contributed by atoms with Crippen LogP contribution in [0.5, 0.6) is 0 Å². The predicted molar refractivity (Wildman–Crippen MR) is 90.9 cm³/mol. The third-order valence-corrected chi connectivity index (χ3v) is 5.66. The van der Waals surface area contributed by atoms with E-state index >= 15 is 0 Å². The van der Waals surface area contributed by atoms with Crippen molar-refractivity contribution in [1.29, 1.82) is 0 Å². The Balaban J connectivity index is 2.28. The molecule has 0 saturated heterocycles. The van der Waals surface area contributed by atoms with E-state index in [9.17, 15) is 22.0 Å². The minimum absolute atomic E-state index is 0.00543. The molecule has 0 aromatic heterocycles. The number of hydrogen-bond donors (Lipinski definition) is 1. The second-order valence-corrected chi connectivity index (χ2v) is 7.14. The second-order valence-electron chi connectivity index (χ2n) is 5.20. The van der Waals surface area contributed by atoms with E-state index in [4.69, 9.17) is 0 Å². The molecule has 1 amide bonds. The minimum atomic E-state index is -3.70. The summed E-state index contributed by atoms with van der Waals surface area (Å²) < 4.78 is 52.4. The van der Waals surface area contributed by atoms with E-state index in [1.165, 1.54) is 34.6 Å². The van der Waals surface area contributed by atoms with Crippen molar-refractivity contribution in [2.45, 2.75) is 18.7 Å². The van der Waals surface area contributed by atoms with Gasteiger partial charge in [0, 0.05) is 30.4 Å². The van der Waals surface area contributed by atoms with Gasteiger partial charge in [0.1, 0.15) is 0 Å². The van der Waals surface area contributed by atoms with Crippen molar-refractivity contribution in [1.82, 2.24) is 4.31 Å². The summed E-state index contributed by atoms with van der Waals surface area (Å²) in [5.74, 6) is -2.73. The highest BCUT2D eigenvalue weighted by Crippen LogP contribution is 2.19. The Morgan fingerprint density at radius 2 is 1.72 bits per heavy atom. The third-order valence-electron chi connectivity index (χ3n) is 3.62. The second kappa shape index (κ2) is 7.71. The van der Waals surface area contributed by atoms with Gasteiger partial charge in [0.2, 0.25) is 10.0 Å². The fourth-order valence-electron chi connectivity index (χ4n) is 2.29. The molecule has 0 fully saturated rings. The fourth-order valence-corrected chi connectivity index (χ4v) is 3.79. The maximum Gasteiger partial charge on any atom is 0.255 e. The van der Waals surface area contributed by atoms with Crippen LogP contribution in [0.4, 0.5) is 14.5 Å². The van der Waals surface area contributed by atoms with Crippen LogP contribution >= 0.6 is 0 Å². The van der Waals surface area contributed by atoms with Crippen LogP contribution in [0.2, 0.25) is 0 Å². The Morgan fingerprint density at radius 3 is 2.32 bits per heavy atom. The van der Waals surface area contributed by atoms with Gasteiger partial charge in [-0.25, -0.2) is 17.2 Å². The maximum absolute atomic E-state index is 13.2. The average molecular weight is 368 g/mol. The quantitative estimate of drug-likeness (QED) is 0.851. The molecule has 0 aliphatic carbocycles. The number of benzene rings is 2. The lowest BCUT2D eigenvalue weighted by molar-refractivity contribution is 0.102. The Bertz CT molecular complexity index is 881. The lowest BCUT2D eigenvalue weighted by Gasteiger charge is -2.18. The van der Waals surface area contributed by atoms with Crippen LogP contribution < -0.4 is 5.32 Å². The number of halogens is 2. The molecule has 0 unspecified atom stereocenters. The molecule has 0 saturated carbocycles. The van der Waals surface area contributed by atoms with Gasteiger partial charge in [-0.05, 0) is 30.3 Å². The van der Waals surface area contributed by atoms with Gasteiger partial charge in [0.25, 0.3) is 5.91 Å². The molecule has 25 heavy (non-hydrogen) atoms. The lowest BCUT2D eigenvalue weighted by Crippen LogP contribution is -2.30. The zero-order valence-corrected chi connectivity index (χ0v) is 14.6. The third kappa shape index (κ3) is 4.21. The molecule has 5 nitrogen and oxygen atoms in total. The summed E-state index contributed by atoms with van der Waals surface area (Å²) >= 11 is 0. The summed E-state index contributed by atoms with van der Waals surface area (Å²) in [5.41, 5.74) is 0.166. The number of nitrogens with zero attached hydrogens (tertiary/aromatic N) is 1. The highest BCUT2D eigenvalue weighted by molar-refractivity contribution is 7.89. The van der Waals surface area contributed by atoms with Crippen molar-refractivity contribution >= 4 is 21.6 Å². The summed E-state index contributed by atoms with van der Waals surface area (Å²) in [6.07, 6.45) is 0. The maximum atomic E-state index is 13.2. The van der Waals surface area contributed by atoms with Gasteiger partial charge in [0.05, 0.1) is 4.90 Å². The van der Waals surface area contributed by atoms with Gasteiger partial charge >= 0.3 is 0 Å². The van der Waals surface area contributed by atoms with Crippen LogP contribution in [0, 0.1) is 11.6 Å². The van der Waals surface area contributed by atoms with E-state index in [0.29, 0.717) is 13.1 Å². The Hall–Kier alpha value is -2.32. The molecule has 2 rings (SSSR count). The van der Waals surface area contributed by atoms with Gasteiger partial charge < -0.3 is 5.32 Å². The smallest absolute Gasteiger partial charge is 0.255 e. The van der Waals surface area contributed by atoms with Crippen LogP contribution in [0.3, 0.4) is 0 Å². The van der Waals surface area contributed by atoms with E-state index < -0.39 is 27.6 Å². The molecule has 0 aliphatic heterocycles. The number of hydrogen-bond acceptors (Lipinski definition) is 3. The van der Waals surface area contributed by atoms with E-state index in [0.717, 1.165) is 12.1 Å². The number of sulfonamides is 1. The molecular weight excluding hydrogens is 350 g/mol. The largest absolute Gasteiger partial charge is 0.322 e. The van der Waals surface area contributed by atoms with Gasteiger partial charge in [-0.15, -0.1) is 0 Å². The summed E-state index contributed by atoms with van der Waals surface area (Å²) in [6.45, 7) is 4.07. The average Bonchev–Trinajstić information content (AvgIpc) is 2.59. The number of nitrogens with one attached hydrogen (secondary N) is 1. The first-order valence-corrected chi connectivity index (χ1v) is 9.10. The first-order valence-electron chi connectivity index (χ1n) is 7.66. The van der Waals surface area contributed by atoms with E-state index in [-0.39, 0.29) is 16.1 Å². The first-order chi connectivity index (χ1) is 11.8. The highest BCUT2D eigenvalue weighted by atomic mass is 32.2. The van der Waals surface area contributed by atoms with Crippen molar-refractivity contribution in [2.24, 2.45) is 0 Å². The summed E-state index contributed by atoms with van der Waals surface area (Å²) in [4.78, 5) is 12.3. The standard InChI is InChI=1S/C17H18F2N2O3S/c1-3-21(4-2)25(23,24)14-7-5-6-12(10-14)17(22)20-13-8-9-15(18)16(19)11-13/h5-11H,3-4H2,1-2H3,(H,20,22). The molecular formula is C17H18F2N2O3S. The summed E-state index contributed by atoms with van der Waals surface area (Å²) in [7, 11) is -3.70. The molecule has 0 spiro atoms. The number of rotatable bonds is 6. The van der Waals surface area contributed by atoms with Crippen molar-refractivity contribution in [3.8, 4) is 0 Å². The van der Waals surface area contributed by atoms with Crippen LogP contribution in [0.1, 0.15) is 24.2 Å². The zero-order chi connectivity index (χ0) is 18.6. The summed E-state index contributed by atoms with van der Waals surface area (Å²) in [5, 5.41) is 2.41. The zero-order valence-electron chi connectivity index (χ0n) is 13.8. The van der Waals surface area contributed by atoms with Crippen molar-refractivity contribution < 1.29 is 22.0 Å². The molecule has 0 heterocycles. The van der Waals surface area contributed by atoms with Crippen molar-refractivity contribution in [2.75, 3.05) is 18.4 Å². The van der Waals surface area contributed by atoms with Crippen molar-refractivity contribution in [3.63, 3.8) is 0 Å². The Labute approximate surface area is 145 Å². The van der Waals surface area contributed by atoms with Gasteiger partial charge in [-0.3, -0.25) is 4.79 Å². The molecule has 0 bridgehead atoms. The number of anilines is 1. The fraction of sp³-hybridized carbons (Fsp3) is 0.235. The van der Waals surface area contributed by atoms with E-state index in [1.54, 1.807) is 13.8 Å². The number of amides is 1. The van der Waals surface area contributed by atoms with Crippen LogP contribution in [0.15, 0.2) is 47.4 Å². The SMILES string of the molecule is CCN(CC)S(=O)(=O)c1cccc(C(=O)Nc2ccc(F)c(F)c2)c1. The topological polar surface area (TPSA) is 66.5 Å². The number of carbonyl (C=O) groups is 1. The molecule has 2 aromatic rings. The van der Waals surface area contributed by atoms with E-state index in [2.05, 4.69) is 5.32 Å². The predicted octanol–water partition coefficient (Wildman–Crippen LogP) is 3.25.